The van der Waals surface area contributed by atoms with Crippen molar-refractivity contribution in [3.63, 3.8) is 0 Å². The van der Waals surface area contributed by atoms with Gasteiger partial charge in [0, 0.05) is 86.5 Å². The number of aromatic nitrogens is 4. The number of nitrogens with one attached hydrogen (secondary N) is 1. The molecule has 3 saturated heterocycles. The van der Waals surface area contributed by atoms with E-state index >= 15 is 0 Å². The summed E-state index contributed by atoms with van der Waals surface area (Å²) in [6.07, 6.45) is 0.894. The van der Waals surface area contributed by atoms with Gasteiger partial charge in [0.05, 0.1) is 97.8 Å². The second-order valence-corrected chi connectivity index (χ2v) is 23.3. The number of ether oxygens (including phenoxy) is 5. The topological polar surface area (TPSA) is 260 Å². The highest BCUT2D eigenvalue weighted by molar-refractivity contribution is 7.13. The second-order valence-electron chi connectivity index (χ2n) is 22.4. The SMILES string of the molecule is Cc1cc([C@@H](C(=O)N2C[C@H](O)C[C@H]2C(=O)NCc2ccc(-c3scnc3C)cc2OCCOCCOCCO[C@@H]2C[C@@H](COc3nc4c(c(N5CCN(C(N)=O)[C@@H](CC#N)C5)n3)CCN(c3cccc5ccccc35)C4)N(C)C2)C(C)C)on1. The molecule has 0 radical (unpaired) electrons. The Morgan fingerprint density at radius 1 is 0.893 bits per heavy atom. The van der Waals surface area contributed by atoms with Crippen molar-refractivity contribution >= 4 is 51.5 Å². The third kappa shape index (κ3) is 14.0. The summed E-state index contributed by atoms with van der Waals surface area (Å²) in [5.41, 5.74) is 13.9. The fourth-order valence-corrected chi connectivity index (χ4v) is 12.8. The minimum absolute atomic E-state index is 0.0163. The van der Waals surface area contributed by atoms with Crippen molar-refractivity contribution in [1.29, 1.82) is 5.26 Å². The summed E-state index contributed by atoms with van der Waals surface area (Å²) in [5, 5.41) is 29.7. The lowest BCUT2D eigenvalue weighted by Gasteiger charge is -2.41. The van der Waals surface area contributed by atoms with Crippen LogP contribution in [-0.4, -0.2) is 181 Å². The quantitative estimate of drug-likeness (QED) is 0.0587. The number of primary amides is 1. The number of β-amino-alcohol motifs (C(OH)–C–C–N with tert-alkyl or cyclic N) is 1. The first-order valence-electron chi connectivity index (χ1n) is 29.0. The highest BCUT2D eigenvalue weighted by atomic mass is 32.1. The Balaban J connectivity index is 0.680. The normalized spacial score (nSPS) is 20.3. The van der Waals surface area contributed by atoms with Crippen LogP contribution in [0, 0.1) is 31.1 Å². The first-order chi connectivity index (χ1) is 40.7. The molecular formula is C61H76N12O10S. The van der Waals surface area contributed by atoms with E-state index in [1.807, 2.05) is 39.0 Å². The molecule has 3 aromatic carbocycles. The molecule has 6 aromatic rings. The van der Waals surface area contributed by atoms with Crippen LogP contribution in [-0.2, 0) is 43.3 Å². The van der Waals surface area contributed by atoms with Crippen molar-refractivity contribution in [2.75, 3.05) is 102 Å². The van der Waals surface area contributed by atoms with Crippen LogP contribution in [0.1, 0.15) is 73.0 Å². The van der Waals surface area contributed by atoms with E-state index in [4.69, 9.17) is 43.9 Å². The number of rotatable bonds is 24. The predicted molar refractivity (Wildman–Crippen MR) is 316 cm³/mol. The van der Waals surface area contributed by atoms with Gasteiger partial charge < -0.3 is 64.0 Å². The van der Waals surface area contributed by atoms with Crippen molar-refractivity contribution in [2.24, 2.45) is 11.7 Å². The molecule has 446 valence electrons. The van der Waals surface area contributed by atoms with Crippen molar-refractivity contribution in [3.8, 4) is 28.3 Å². The minimum Gasteiger partial charge on any atom is -0.491 e. The van der Waals surface area contributed by atoms with Gasteiger partial charge in [-0.15, -0.1) is 11.3 Å². The van der Waals surface area contributed by atoms with Gasteiger partial charge in [-0.05, 0) is 62.7 Å². The van der Waals surface area contributed by atoms with Gasteiger partial charge in [0.1, 0.15) is 42.5 Å². The predicted octanol–water partition coefficient (Wildman–Crippen LogP) is 6.00. The van der Waals surface area contributed by atoms with Crippen molar-refractivity contribution in [2.45, 2.75) is 103 Å². The van der Waals surface area contributed by atoms with Crippen LogP contribution in [0.3, 0.4) is 0 Å². The largest absolute Gasteiger partial charge is 0.491 e. The molecule has 6 atom stereocenters. The van der Waals surface area contributed by atoms with E-state index in [2.05, 4.69) is 85.7 Å². The third-order valence-electron chi connectivity index (χ3n) is 16.3. The number of carbonyl (C=O) groups excluding carboxylic acids is 3. The number of urea groups is 1. The van der Waals surface area contributed by atoms with E-state index in [0.717, 1.165) is 64.0 Å². The molecule has 0 unspecified atom stereocenters. The molecule has 4 aliphatic rings. The van der Waals surface area contributed by atoms with Gasteiger partial charge in [-0.2, -0.15) is 15.2 Å². The fraction of sp³-hybridized carbons (Fsp3) is 0.508. The number of aliphatic hydroxyl groups is 1. The molecule has 4 N–H and O–H groups in total. The van der Waals surface area contributed by atoms with Gasteiger partial charge in [0.2, 0.25) is 11.8 Å². The first kappa shape index (κ1) is 59.7. The number of likely N-dealkylation sites (N-methyl/N-ethyl adjacent to an activating group) is 1. The second kappa shape index (κ2) is 27.5. The average molecular weight is 1170 g/mol. The summed E-state index contributed by atoms with van der Waals surface area (Å²) >= 11 is 1.53. The Hall–Kier alpha value is -7.46. The molecule has 7 heterocycles. The van der Waals surface area contributed by atoms with Gasteiger partial charge in [-0.3, -0.25) is 14.5 Å². The van der Waals surface area contributed by atoms with Crippen LogP contribution < -0.4 is 30.3 Å². The lowest BCUT2D eigenvalue weighted by atomic mass is 9.91. The monoisotopic (exact) mass is 1170 g/mol. The molecule has 0 spiro atoms. The number of thiazole rings is 1. The number of fused-ring (bicyclic) bond motifs is 2. The molecule has 4 aliphatic heterocycles. The van der Waals surface area contributed by atoms with Gasteiger partial charge in [-0.25, -0.2) is 9.78 Å². The number of nitrogens with zero attached hydrogens (tertiary/aromatic N) is 10. The number of carbonyl (C=O) groups is 3. The number of amides is 4. The molecule has 84 heavy (non-hydrogen) atoms. The average Bonchev–Trinajstić information content (AvgIpc) is 3.38. The zero-order valence-corrected chi connectivity index (χ0v) is 49.3. The maximum absolute atomic E-state index is 14.0. The summed E-state index contributed by atoms with van der Waals surface area (Å²) in [6, 6.07) is 23.2. The standard InChI is InChI=1S/C61H76N12O10S/c1-38(2)55(54-27-39(3)68-83-54)59(76)73-33-46(74)30-52(73)58(75)64-31-43-14-13-42(56-40(4)65-37-84-56)28-53(43)81-26-24-79-22-21-78-23-25-80-47-29-45(69(5)34-47)36-82-61-66-50-35-70(51-12-8-10-41-9-6-7-11-48(41)51)18-16-49(50)57(67-61)71-19-20-72(60(63)77)44(32-71)15-17-62/h6-14,27-28,37-38,44-47,52,55,74H,15-16,18-26,29-36H2,1-5H3,(H2,63,77)(H,64,75)/t44-,45-,46+,47+,52-,55-/m0/s1. The van der Waals surface area contributed by atoms with Gasteiger partial charge >= 0.3 is 12.0 Å². The maximum atomic E-state index is 14.0. The summed E-state index contributed by atoms with van der Waals surface area (Å²) in [5.74, 6) is 0.350. The Morgan fingerprint density at radius 3 is 2.45 bits per heavy atom. The van der Waals surface area contributed by atoms with E-state index < -0.39 is 24.1 Å². The zero-order chi connectivity index (χ0) is 58.9. The molecule has 22 nitrogen and oxygen atoms in total. The fourth-order valence-electron chi connectivity index (χ4n) is 11.9. The van der Waals surface area contributed by atoms with Gasteiger partial charge in [0.15, 0.2) is 0 Å². The Bertz CT molecular complexity index is 3290. The highest BCUT2D eigenvalue weighted by Crippen LogP contribution is 2.37. The first-order valence-corrected chi connectivity index (χ1v) is 29.9. The van der Waals surface area contributed by atoms with Crippen molar-refractivity contribution in [3.05, 3.63) is 106 Å². The third-order valence-corrected chi connectivity index (χ3v) is 17.3. The van der Waals surface area contributed by atoms with Crippen molar-refractivity contribution < 1.29 is 47.7 Å². The molecule has 3 aromatic heterocycles. The molecule has 10 rings (SSSR count). The van der Waals surface area contributed by atoms with Crippen LogP contribution >= 0.6 is 11.3 Å². The maximum Gasteiger partial charge on any atom is 0.318 e. The lowest BCUT2D eigenvalue weighted by molar-refractivity contribution is -0.141. The number of nitrogens with two attached hydrogens (primary N) is 1. The number of anilines is 2. The van der Waals surface area contributed by atoms with E-state index in [1.54, 1.807) is 23.4 Å². The zero-order valence-electron chi connectivity index (χ0n) is 48.5. The van der Waals surface area contributed by atoms with Gasteiger partial charge in [-0.1, -0.05) is 67.5 Å². The van der Waals surface area contributed by atoms with E-state index in [9.17, 15) is 24.8 Å². The molecule has 0 aliphatic carbocycles. The van der Waals surface area contributed by atoms with Crippen LogP contribution in [0.5, 0.6) is 11.8 Å². The number of likely N-dealkylation sites (tertiary alicyclic amines) is 2. The molecule has 3 fully saturated rings. The van der Waals surface area contributed by atoms with E-state index in [-0.39, 0.29) is 68.5 Å². The summed E-state index contributed by atoms with van der Waals surface area (Å²) in [6.45, 7) is 13.6. The molecular weight excluding hydrogens is 1090 g/mol. The Labute approximate surface area is 493 Å². The Morgan fingerprint density at radius 2 is 1.69 bits per heavy atom. The van der Waals surface area contributed by atoms with E-state index in [0.29, 0.717) is 95.5 Å². The number of aryl methyl sites for hydroxylation is 2. The smallest absolute Gasteiger partial charge is 0.318 e. The van der Waals surface area contributed by atoms with Crippen LogP contribution in [0.2, 0.25) is 0 Å². The number of aliphatic hydroxyl groups excluding tert-OH is 1. The summed E-state index contributed by atoms with van der Waals surface area (Å²) in [4.78, 5) is 65.5. The van der Waals surface area contributed by atoms with Crippen molar-refractivity contribution in [1.82, 2.24) is 40.1 Å². The van der Waals surface area contributed by atoms with Gasteiger partial charge in [0.25, 0.3) is 0 Å². The van der Waals surface area contributed by atoms with Crippen LogP contribution in [0.15, 0.2) is 76.8 Å². The summed E-state index contributed by atoms with van der Waals surface area (Å²) in [7, 11) is 2.06. The highest BCUT2D eigenvalue weighted by Gasteiger charge is 2.43. The van der Waals surface area contributed by atoms with E-state index in [1.165, 1.54) is 27.0 Å². The number of hydrogen-bond donors (Lipinski definition) is 3. The minimum atomic E-state index is -0.862. The number of piperazine rings is 1. The lowest BCUT2D eigenvalue weighted by Crippen LogP contribution is -2.57. The van der Waals surface area contributed by atoms with Crippen LogP contribution in [0.4, 0.5) is 16.3 Å². The number of benzene rings is 3. The molecule has 0 saturated carbocycles. The number of hydrogen-bond acceptors (Lipinski definition) is 19. The van der Waals surface area contributed by atoms with Crippen LogP contribution in [0.25, 0.3) is 21.2 Å². The Kier molecular flexibility index (Phi) is 19.5. The molecule has 0 bridgehead atoms. The number of nitriles is 1. The molecule has 23 heteroatoms. The summed E-state index contributed by atoms with van der Waals surface area (Å²) < 4.78 is 36.4. The molecule has 4 amide bonds.